The molecule has 0 bridgehead atoms. The molecular weight excluding hydrogens is 474 g/mol. The number of rotatable bonds is 7. The number of nitrogens with one attached hydrogen (secondary N) is 2. The van der Waals surface area contributed by atoms with Crippen LogP contribution in [0, 0.1) is 5.82 Å². The van der Waals surface area contributed by atoms with Crippen LogP contribution < -0.4 is 15.4 Å². The van der Waals surface area contributed by atoms with Gasteiger partial charge in [-0.3, -0.25) is 4.79 Å². The lowest BCUT2D eigenvalue weighted by Crippen LogP contribution is -2.47. The normalized spacial score (nSPS) is 15.9. The predicted octanol–water partition coefficient (Wildman–Crippen LogP) is 3.17. The van der Waals surface area contributed by atoms with Crippen LogP contribution in [0.15, 0.2) is 29.3 Å². The zero-order chi connectivity index (χ0) is 19.6. The van der Waals surface area contributed by atoms with Gasteiger partial charge in [0, 0.05) is 20.1 Å². The SMILES string of the molecule is CC(CNC(=NCC(=O)N(C)C)NC1CCCCC1)Oc1ccccc1F.I. The van der Waals surface area contributed by atoms with Crippen molar-refractivity contribution in [3.8, 4) is 5.75 Å². The number of nitrogens with zero attached hydrogens (tertiary/aromatic N) is 2. The van der Waals surface area contributed by atoms with E-state index in [9.17, 15) is 9.18 Å². The second kappa shape index (κ2) is 12.8. The lowest BCUT2D eigenvalue weighted by atomic mass is 9.96. The van der Waals surface area contributed by atoms with E-state index in [2.05, 4.69) is 15.6 Å². The van der Waals surface area contributed by atoms with Gasteiger partial charge in [0.25, 0.3) is 0 Å². The minimum absolute atomic E-state index is 0. The van der Waals surface area contributed by atoms with Gasteiger partial charge in [-0.1, -0.05) is 31.4 Å². The molecular formula is C20H32FIN4O2. The fourth-order valence-electron chi connectivity index (χ4n) is 2.92. The summed E-state index contributed by atoms with van der Waals surface area (Å²) < 4.78 is 19.4. The van der Waals surface area contributed by atoms with Crippen LogP contribution in [0.3, 0.4) is 0 Å². The molecule has 28 heavy (non-hydrogen) atoms. The Kier molecular flexibility index (Phi) is 11.2. The molecule has 2 N–H and O–H groups in total. The minimum Gasteiger partial charge on any atom is -0.486 e. The summed E-state index contributed by atoms with van der Waals surface area (Å²) in [5.41, 5.74) is 0. The number of aliphatic imine (C=N–C) groups is 1. The Labute approximate surface area is 184 Å². The van der Waals surface area contributed by atoms with Crippen LogP contribution >= 0.6 is 24.0 Å². The van der Waals surface area contributed by atoms with Gasteiger partial charge in [0.15, 0.2) is 17.5 Å². The average molecular weight is 506 g/mol. The maximum absolute atomic E-state index is 13.7. The van der Waals surface area contributed by atoms with Crippen molar-refractivity contribution >= 4 is 35.8 Å². The molecule has 0 aromatic heterocycles. The number of benzene rings is 1. The molecule has 158 valence electrons. The molecule has 0 heterocycles. The lowest BCUT2D eigenvalue weighted by molar-refractivity contribution is -0.127. The Morgan fingerprint density at radius 2 is 1.96 bits per heavy atom. The fourth-order valence-corrected chi connectivity index (χ4v) is 2.92. The van der Waals surface area contributed by atoms with Crippen molar-refractivity contribution in [2.24, 2.45) is 4.99 Å². The molecule has 1 saturated carbocycles. The lowest BCUT2D eigenvalue weighted by Gasteiger charge is -2.26. The number of hydrogen-bond acceptors (Lipinski definition) is 3. The van der Waals surface area contributed by atoms with Crippen LogP contribution in [-0.4, -0.2) is 56.1 Å². The number of amides is 1. The third-order valence-electron chi connectivity index (χ3n) is 4.54. The Morgan fingerprint density at radius 3 is 2.61 bits per heavy atom. The molecule has 6 nitrogen and oxygen atoms in total. The number of carbonyl (C=O) groups excluding carboxylic acids is 1. The first kappa shape index (κ1) is 24.5. The molecule has 0 aliphatic heterocycles. The Hall–Kier alpha value is -1.58. The highest BCUT2D eigenvalue weighted by Gasteiger charge is 2.16. The summed E-state index contributed by atoms with van der Waals surface area (Å²) in [6.45, 7) is 2.39. The summed E-state index contributed by atoms with van der Waals surface area (Å²) >= 11 is 0. The zero-order valence-electron chi connectivity index (χ0n) is 16.9. The molecule has 1 aromatic rings. The van der Waals surface area contributed by atoms with E-state index in [0.717, 1.165) is 12.8 Å². The van der Waals surface area contributed by atoms with Crippen molar-refractivity contribution in [2.75, 3.05) is 27.2 Å². The van der Waals surface area contributed by atoms with Crippen LogP contribution in [-0.2, 0) is 4.79 Å². The van der Waals surface area contributed by atoms with Crippen LogP contribution in [0.1, 0.15) is 39.0 Å². The maximum Gasteiger partial charge on any atom is 0.243 e. The largest absolute Gasteiger partial charge is 0.486 e. The number of guanidine groups is 1. The van der Waals surface area contributed by atoms with Crippen molar-refractivity contribution in [3.63, 3.8) is 0 Å². The predicted molar refractivity (Wildman–Crippen MR) is 121 cm³/mol. The number of likely N-dealkylation sites (N-methyl/N-ethyl adjacent to an activating group) is 1. The maximum atomic E-state index is 13.7. The van der Waals surface area contributed by atoms with E-state index in [1.807, 2.05) is 6.92 Å². The number of hydrogen-bond donors (Lipinski definition) is 2. The second-order valence-corrected chi connectivity index (χ2v) is 7.17. The molecule has 8 heteroatoms. The van der Waals surface area contributed by atoms with Crippen molar-refractivity contribution in [2.45, 2.75) is 51.2 Å². The van der Waals surface area contributed by atoms with E-state index in [4.69, 9.17) is 4.74 Å². The van der Waals surface area contributed by atoms with Gasteiger partial charge in [0.1, 0.15) is 12.6 Å². The van der Waals surface area contributed by atoms with Gasteiger partial charge in [-0.25, -0.2) is 9.38 Å². The van der Waals surface area contributed by atoms with E-state index >= 15 is 0 Å². The smallest absolute Gasteiger partial charge is 0.243 e. The van der Waals surface area contributed by atoms with Crippen molar-refractivity contribution < 1.29 is 13.9 Å². The molecule has 1 aliphatic carbocycles. The third-order valence-corrected chi connectivity index (χ3v) is 4.54. The Morgan fingerprint density at radius 1 is 1.29 bits per heavy atom. The average Bonchev–Trinajstić information content (AvgIpc) is 2.66. The van der Waals surface area contributed by atoms with Crippen LogP contribution in [0.2, 0.25) is 0 Å². The monoisotopic (exact) mass is 506 g/mol. The Bertz CT molecular complexity index is 636. The first-order chi connectivity index (χ1) is 13.0. The van der Waals surface area contributed by atoms with Gasteiger partial charge >= 0.3 is 0 Å². The van der Waals surface area contributed by atoms with Crippen LogP contribution in [0.5, 0.6) is 5.75 Å². The molecule has 1 aliphatic rings. The summed E-state index contributed by atoms with van der Waals surface area (Å²) in [7, 11) is 3.42. The van der Waals surface area contributed by atoms with E-state index < -0.39 is 0 Å². The van der Waals surface area contributed by atoms with Gasteiger partial charge in [-0.05, 0) is 31.9 Å². The summed E-state index contributed by atoms with van der Waals surface area (Å²) in [6.07, 6.45) is 5.62. The summed E-state index contributed by atoms with van der Waals surface area (Å²) in [5.74, 6) is 0.389. The molecule has 0 radical (unpaired) electrons. The topological polar surface area (TPSA) is 66.0 Å². The standard InChI is InChI=1S/C20H31FN4O2.HI/c1-15(27-18-12-8-7-11-17(18)21)13-22-20(23-14-19(26)25(2)3)24-16-9-5-4-6-10-16;/h7-8,11-12,15-16H,4-6,9-10,13-14H2,1-3H3,(H2,22,23,24);1H. The van der Waals surface area contributed by atoms with Gasteiger partial charge in [-0.15, -0.1) is 24.0 Å². The quantitative estimate of drug-likeness (QED) is 0.339. The molecule has 2 rings (SSSR count). The molecule has 1 unspecified atom stereocenters. The number of halogens is 2. The molecule has 1 aromatic carbocycles. The summed E-state index contributed by atoms with van der Waals surface area (Å²) in [6, 6.07) is 6.72. The molecule has 1 fully saturated rings. The van der Waals surface area contributed by atoms with E-state index in [1.54, 1.807) is 32.3 Å². The molecule has 0 saturated heterocycles. The first-order valence-corrected chi connectivity index (χ1v) is 9.62. The minimum atomic E-state index is -0.379. The zero-order valence-corrected chi connectivity index (χ0v) is 19.2. The second-order valence-electron chi connectivity index (χ2n) is 7.17. The molecule has 1 atom stereocenters. The van der Waals surface area contributed by atoms with E-state index in [1.165, 1.54) is 30.2 Å². The highest BCUT2D eigenvalue weighted by atomic mass is 127. The summed E-state index contributed by atoms with van der Waals surface area (Å²) in [4.78, 5) is 17.8. The van der Waals surface area contributed by atoms with Gasteiger partial charge in [0.05, 0.1) is 6.54 Å². The Balaban J connectivity index is 0.00000392. The molecule has 1 amide bonds. The van der Waals surface area contributed by atoms with Crippen LogP contribution in [0.25, 0.3) is 0 Å². The highest BCUT2D eigenvalue weighted by Crippen LogP contribution is 2.18. The van der Waals surface area contributed by atoms with Gasteiger partial charge in [0.2, 0.25) is 5.91 Å². The summed E-state index contributed by atoms with van der Waals surface area (Å²) in [5, 5.41) is 6.64. The van der Waals surface area contributed by atoms with Crippen molar-refractivity contribution in [1.29, 1.82) is 0 Å². The van der Waals surface area contributed by atoms with Gasteiger partial charge < -0.3 is 20.3 Å². The number of ether oxygens (including phenoxy) is 1. The number of carbonyl (C=O) groups is 1. The highest BCUT2D eigenvalue weighted by molar-refractivity contribution is 14.0. The number of para-hydroxylation sites is 1. The third kappa shape index (κ3) is 8.62. The van der Waals surface area contributed by atoms with E-state index in [0.29, 0.717) is 18.5 Å². The van der Waals surface area contributed by atoms with Crippen molar-refractivity contribution in [1.82, 2.24) is 15.5 Å². The first-order valence-electron chi connectivity index (χ1n) is 9.62. The van der Waals surface area contributed by atoms with E-state index in [-0.39, 0.29) is 54.1 Å². The fraction of sp³-hybridized carbons (Fsp3) is 0.600. The van der Waals surface area contributed by atoms with Crippen molar-refractivity contribution in [3.05, 3.63) is 30.1 Å². The van der Waals surface area contributed by atoms with Gasteiger partial charge in [-0.2, -0.15) is 0 Å². The molecule has 0 spiro atoms. The van der Waals surface area contributed by atoms with Crippen LogP contribution in [0.4, 0.5) is 4.39 Å².